The van der Waals surface area contributed by atoms with Crippen molar-refractivity contribution in [2.45, 2.75) is 74.9 Å². The third-order valence-electron chi connectivity index (χ3n) is 3.16. The summed E-state index contributed by atoms with van der Waals surface area (Å²) < 4.78 is 9.47. The van der Waals surface area contributed by atoms with Gasteiger partial charge in [-0.3, -0.25) is 4.79 Å². The summed E-state index contributed by atoms with van der Waals surface area (Å²) in [6.45, 7) is 5.09. The molecular formula is C16H28Br2O4. The number of hydrogen-bond acceptors (Lipinski definition) is 4. The fourth-order valence-corrected chi connectivity index (χ4v) is 2.50. The van der Waals surface area contributed by atoms with Gasteiger partial charge in [-0.1, -0.05) is 71.4 Å². The van der Waals surface area contributed by atoms with Crippen LogP contribution < -0.4 is 0 Å². The maximum Gasteiger partial charge on any atom is 0.333 e. The molecule has 6 heteroatoms. The maximum atomic E-state index is 11.9. The lowest BCUT2D eigenvalue weighted by molar-refractivity contribution is -0.145. The first kappa shape index (κ1) is 21.9. The lowest BCUT2D eigenvalue weighted by Crippen LogP contribution is -2.27. The van der Waals surface area contributed by atoms with Crippen LogP contribution in [0.15, 0.2) is 0 Å². The van der Waals surface area contributed by atoms with Crippen molar-refractivity contribution >= 4 is 43.8 Å². The number of carbonyl (C=O) groups is 2. The van der Waals surface area contributed by atoms with Crippen molar-refractivity contribution in [2.75, 3.05) is 13.2 Å². The van der Waals surface area contributed by atoms with Gasteiger partial charge in [-0.25, -0.2) is 4.79 Å². The molecule has 0 unspecified atom stereocenters. The summed E-state index contributed by atoms with van der Waals surface area (Å²) in [4.78, 5) is 23.3. The third kappa shape index (κ3) is 11.5. The largest absolute Gasteiger partial charge is 0.466 e. The molecule has 22 heavy (non-hydrogen) atoms. The first-order chi connectivity index (χ1) is 10.4. The van der Waals surface area contributed by atoms with Crippen molar-refractivity contribution in [3.63, 3.8) is 0 Å². The summed E-state index contributed by atoms with van der Waals surface area (Å²) in [5.74, 6) is -0.406. The van der Waals surface area contributed by atoms with E-state index < -0.39 is 3.23 Å². The Morgan fingerprint density at radius 2 is 1.45 bits per heavy atom. The molecule has 0 aliphatic carbocycles. The molecule has 0 amide bonds. The summed E-state index contributed by atoms with van der Waals surface area (Å²) >= 11 is 6.75. The molecule has 0 aromatic carbocycles. The molecule has 0 rings (SSSR count). The second-order valence-corrected chi connectivity index (χ2v) is 9.10. The molecule has 0 fully saturated rings. The van der Waals surface area contributed by atoms with Crippen molar-refractivity contribution in [2.24, 2.45) is 0 Å². The normalized spacial score (nSPS) is 11.3. The van der Waals surface area contributed by atoms with Crippen molar-refractivity contribution in [1.82, 2.24) is 0 Å². The van der Waals surface area contributed by atoms with Crippen LogP contribution >= 0.6 is 31.9 Å². The Labute approximate surface area is 150 Å². The number of alkyl halides is 2. The Hall–Kier alpha value is -0.100. The van der Waals surface area contributed by atoms with E-state index in [2.05, 4.69) is 45.7 Å². The van der Waals surface area contributed by atoms with Crippen molar-refractivity contribution in [1.29, 1.82) is 0 Å². The van der Waals surface area contributed by atoms with Crippen LogP contribution in [0, 0.1) is 0 Å². The molecule has 0 atom stereocenters. The zero-order chi connectivity index (χ0) is 16.8. The Bertz CT molecular complexity index is 319. The molecule has 4 nitrogen and oxygen atoms in total. The number of ether oxygens (including phenoxy) is 2. The van der Waals surface area contributed by atoms with E-state index in [4.69, 9.17) is 9.47 Å². The molecule has 0 aromatic rings. The van der Waals surface area contributed by atoms with E-state index in [9.17, 15) is 9.59 Å². The van der Waals surface area contributed by atoms with Crippen LogP contribution in [0.4, 0.5) is 0 Å². The monoisotopic (exact) mass is 442 g/mol. The molecule has 0 aromatic heterocycles. The Morgan fingerprint density at radius 3 is 2.05 bits per heavy atom. The van der Waals surface area contributed by atoms with E-state index in [1.807, 2.05) is 0 Å². The van der Waals surface area contributed by atoms with Crippen LogP contribution in [0.3, 0.4) is 0 Å². The fraction of sp³-hybridized carbons (Fsp3) is 0.875. The van der Waals surface area contributed by atoms with Crippen molar-refractivity contribution in [3.05, 3.63) is 0 Å². The minimum Gasteiger partial charge on any atom is -0.466 e. The van der Waals surface area contributed by atoms with E-state index in [0.717, 1.165) is 44.9 Å². The van der Waals surface area contributed by atoms with Gasteiger partial charge in [0, 0.05) is 6.42 Å². The number of carbonyl (C=O) groups excluding carboxylic acids is 2. The second-order valence-electron chi connectivity index (χ2n) is 5.33. The molecule has 130 valence electrons. The van der Waals surface area contributed by atoms with Gasteiger partial charge >= 0.3 is 11.9 Å². The highest BCUT2D eigenvalue weighted by atomic mass is 79.9. The van der Waals surface area contributed by atoms with Gasteiger partial charge in [-0.05, 0) is 25.7 Å². The van der Waals surface area contributed by atoms with Crippen LogP contribution in [-0.4, -0.2) is 28.4 Å². The maximum absolute atomic E-state index is 11.9. The SMILES string of the molecule is CCCCOC(=O)CCCCCC(Br)(Br)C(=O)OCCCC. The summed E-state index contributed by atoms with van der Waals surface area (Å²) in [6.07, 6.45) is 7.39. The van der Waals surface area contributed by atoms with Gasteiger partial charge in [-0.15, -0.1) is 0 Å². The molecule has 0 spiro atoms. The van der Waals surface area contributed by atoms with Crippen LogP contribution in [0.1, 0.15) is 71.6 Å². The Morgan fingerprint density at radius 1 is 0.864 bits per heavy atom. The topological polar surface area (TPSA) is 52.6 Å². The van der Waals surface area contributed by atoms with Gasteiger partial charge in [0.05, 0.1) is 13.2 Å². The first-order valence-corrected chi connectivity index (χ1v) is 9.73. The van der Waals surface area contributed by atoms with Gasteiger partial charge in [0.15, 0.2) is 3.23 Å². The molecule has 0 aliphatic heterocycles. The smallest absolute Gasteiger partial charge is 0.333 e. The van der Waals surface area contributed by atoms with Gasteiger partial charge < -0.3 is 9.47 Å². The summed E-state index contributed by atoms with van der Waals surface area (Å²) in [7, 11) is 0. The van der Waals surface area contributed by atoms with Gasteiger partial charge in [0.25, 0.3) is 0 Å². The standard InChI is InChI=1S/C16H28Br2O4/c1-3-5-12-21-14(19)10-8-7-9-11-16(17,18)15(20)22-13-6-4-2/h3-13H2,1-2H3. The highest BCUT2D eigenvalue weighted by molar-refractivity contribution is 9.25. The van der Waals surface area contributed by atoms with E-state index >= 15 is 0 Å². The zero-order valence-corrected chi connectivity index (χ0v) is 16.8. The van der Waals surface area contributed by atoms with Gasteiger partial charge in [0.1, 0.15) is 0 Å². The summed E-state index contributed by atoms with van der Waals surface area (Å²) in [5.41, 5.74) is 0. The number of esters is 2. The molecule has 0 aliphatic rings. The summed E-state index contributed by atoms with van der Waals surface area (Å²) in [6, 6.07) is 0. The third-order valence-corrected chi connectivity index (χ3v) is 4.60. The van der Waals surface area contributed by atoms with Gasteiger partial charge in [0.2, 0.25) is 0 Å². The van der Waals surface area contributed by atoms with Crippen LogP contribution in [0.5, 0.6) is 0 Å². The number of unbranched alkanes of at least 4 members (excludes halogenated alkanes) is 4. The Kier molecular flexibility index (Phi) is 13.3. The molecule has 0 saturated heterocycles. The van der Waals surface area contributed by atoms with Crippen LogP contribution in [-0.2, 0) is 19.1 Å². The molecule has 0 radical (unpaired) electrons. The average Bonchev–Trinajstić information content (AvgIpc) is 2.47. The Balaban J connectivity index is 3.71. The van der Waals surface area contributed by atoms with E-state index in [1.54, 1.807) is 0 Å². The molecular weight excluding hydrogens is 416 g/mol. The lowest BCUT2D eigenvalue weighted by Gasteiger charge is -2.18. The predicted molar refractivity (Wildman–Crippen MR) is 95.4 cm³/mol. The molecule has 0 heterocycles. The van der Waals surface area contributed by atoms with Crippen molar-refractivity contribution < 1.29 is 19.1 Å². The quantitative estimate of drug-likeness (QED) is 0.225. The highest BCUT2D eigenvalue weighted by Gasteiger charge is 2.33. The second kappa shape index (κ2) is 13.3. The summed E-state index contributed by atoms with van der Waals surface area (Å²) in [5, 5.41) is 0. The minimum absolute atomic E-state index is 0.128. The number of rotatable bonds is 13. The van der Waals surface area contributed by atoms with Crippen LogP contribution in [0.2, 0.25) is 0 Å². The van der Waals surface area contributed by atoms with E-state index in [1.165, 1.54) is 0 Å². The molecule has 0 N–H and O–H groups in total. The average molecular weight is 444 g/mol. The van der Waals surface area contributed by atoms with Crippen LogP contribution in [0.25, 0.3) is 0 Å². The zero-order valence-electron chi connectivity index (χ0n) is 13.7. The minimum atomic E-state index is -0.810. The lowest BCUT2D eigenvalue weighted by atomic mass is 10.1. The van der Waals surface area contributed by atoms with Crippen molar-refractivity contribution in [3.8, 4) is 0 Å². The van der Waals surface area contributed by atoms with Gasteiger partial charge in [-0.2, -0.15) is 0 Å². The molecule has 0 bridgehead atoms. The first-order valence-electron chi connectivity index (χ1n) is 8.14. The van der Waals surface area contributed by atoms with E-state index in [-0.39, 0.29) is 11.9 Å². The number of hydrogen-bond donors (Lipinski definition) is 0. The molecule has 0 saturated carbocycles. The number of halogens is 2. The fourth-order valence-electron chi connectivity index (χ4n) is 1.71. The highest BCUT2D eigenvalue weighted by Crippen LogP contribution is 2.34. The van der Waals surface area contributed by atoms with E-state index in [0.29, 0.717) is 26.1 Å². The predicted octanol–water partition coefficient (Wildman–Crippen LogP) is 5.11.